The number of amides is 1. The molecule has 1 N–H and O–H groups in total. The van der Waals surface area contributed by atoms with Gasteiger partial charge in [-0.2, -0.15) is 0 Å². The van der Waals surface area contributed by atoms with Gasteiger partial charge in [-0.05, 0) is 44.9 Å². The lowest BCUT2D eigenvalue weighted by atomic mass is 9.91. The molecule has 1 aromatic carbocycles. The van der Waals surface area contributed by atoms with Gasteiger partial charge in [0.2, 0.25) is 5.91 Å². The predicted molar refractivity (Wildman–Crippen MR) is 98.2 cm³/mol. The number of nitrogens with zero attached hydrogens (tertiary/aromatic N) is 2. The monoisotopic (exact) mass is 349 g/mol. The lowest BCUT2D eigenvalue weighted by molar-refractivity contribution is -0.138. The predicted octanol–water partition coefficient (Wildman–Crippen LogP) is 2.93. The van der Waals surface area contributed by atoms with Crippen LogP contribution in [0.3, 0.4) is 0 Å². The van der Waals surface area contributed by atoms with Crippen LogP contribution in [0, 0.1) is 5.92 Å². The molecule has 1 aromatic rings. The van der Waals surface area contributed by atoms with E-state index in [-0.39, 0.29) is 12.0 Å². The number of carbonyl (C=O) groups is 1. The smallest absolute Gasteiger partial charge is 0.225 e. The number of carbonyl (C=O) groups excluding carboxylic acids is 1. The maximum Gasteiger partial charge on any atom is 0.225 e. The average molecular weight is 350 g/mol. The van der Waals surface area contributed by atoms with E-state index in [1.807, 2.05) is 18.2 Å². The van der Waals surface area contributed by atoms with Gasteiger partial charge in [-0.1, -0.05) is 29.8 Å². The fraction of sp³-hybridized carbons (Fsp3) is 0.632. The number of rotatable bonds is 3. The molecule has 0 spiro atoms. The molecule has 5 heteroatoms. The number of piperazine rings is 1. The van der Waals surface area contributed by atoms with Gasteiger partial charge >= 0.3 is 0 Å². The molecule has 24 heavy (non-hydrogen) atoms. The normalized spacial score (nSPS) is 27.0. The molecule has 0 radical (unpaired) electrons. The van der Waals surface area contributed by atoms with E-state index in [0.29, 0.717) is 11.9 Å². The number of piperidine rings is 1. The molecule has 1 amide bonds. The summed E-state index contributed by atoms with van der Waals surface area (Å²) in [6.45, 7) is 8.81. The molecule has 2 saturated heterocycles. The summed E-state index contributed by atoms with van der Waals surface area (Å²) in [6.07, 6.45) is 1.94. The number of halogens is 1. The highest BCUT2D eigenvalue weighted by Gasteiger charge is 2.31. The van der Waals surface area contributed by atoms with Gasteiger partial charge in [-0.25, -0.2) is 0 Å². The number of nitrogens with one attached hydrogen (secondary N) is 1. The fourth-order valence-electron chi connectivity index (χ4n) is 3.95. The van der Waals surface area contributed by atoms with Crippen molar-refractivity contribution in [2.24, 2.45) is 5.92 Å². The maximum atomic E-state index is 12.8. The van der Waals surface area contributed by atoms with E-state index in [4.69, 9.17) is 11.6 Å². The van der Waals surface area contributed by atoms with Crippen molar-refractivity contribution in [3.63, 3.8) is 0 Å². The first kappa shape index (κ1) is 17.7. The van der Waals surface area contributed by atoms with Crippen molar-refractivity contribution in [3.05, 3.63) is 34.9 Å². The van der Waals surface area contributed by atoms with Gasteiger partial charge in [-0.3, -0.25) is 9.69 Å². The van der Waals surface area contributed by atoms with E-state index in [1.165, 1.54) is 5.56 Å². The minimum Gasteiger partial charge on any atom is -0.340 e. The molecule has 3 atom stereocenters. The Hall–Kier alpha value is -1.10. The van der Waals surface area contributed by atoms with Crippen LogP contribution in [0.25, 0.3) is 0 Å². The van der Waals surface area contributed by atoms with Crippen molar-refractivity contribution in [1.29, 1.82) is 0 Å². The number of hydrogen-bond donors (Lipinski definition) is 1. The van der Waals surface area contributed by atoms with E-state index < -0.39 is 0 Å². The first-order valence-corrected chi connectivity index (χ1v) is 9.44. The molecule has 2 heterocycles. The molecule has 3 rings (SSSR count). The van der Waals surface area contributed by atoms with Crippen molar-refractivity contribution in [2.45, 2.75) is 38.8 Å². The van der Waals surface area contributed by atoms with Crippen LogP contribution in [0.15, 0.2) is 24.3 Å². The highest BCUT2D eigenvalue weighted by molar-refractivity contribution is 6.31. The zero-order chi connectivity index (χ0) is 17.1. The Labute approximate surface area is 150 Å². The van der Waals surface area contributed by atoms with Crippen molar-refractivity contribution in [3.8, 4) is 0 Å². The van der Waals surface area contributed by atoms with Crippen LogP contribution in [-0.4, -0.2) is 54.5 Å². The van der Waals surface area contributed by atoms with Gasteiger partial charge in [0, 0.05) is 49.2 Å². The highest BCUT2D eigenvalue weighted by Crippen LogP contribution is 2.28. The average Bonchev–Trinajstić information content (AvgIpc) is 2.61. The molecule has 2 aliphatic heterocycles. The Kier molecular flexibility index (Phi) is 5.80. The van der Waals surface area contributed by atoms with Crippen LogP contribution in [0.4, 0.5) is 0 Å². The minimum absolute atomic E-state index is 0.203. The minimum atomic E-state index is 0.203. The summed E-state index contributed by atoms with van der Waals surface area (Å²) in [5.74, 6) is 0.558. The van der Waals surface area contributed by atoms with Gasteiger partial charge < -0.3 is 10.2 Å². The quantitative estimate of drug-likeness (QED) is 0.911. The third kappa shape index (κ3) is 3.93. The van der Waals surface area contributed by atoms with Crippen molar-refractivity contribution in [2.75, 3.05) is 32.7 Å². The molecule has 0 saturated carbocycles. The summed E-state index contributed by atoms with van der Waals surface area (Å²) in [5.41, 5.74) is 1.17. The Bertz CT molecular complexity index is 571. The van der Waals surface area contributed by atoms with Crippen LogP contribution in [0.2, 0.25) is 5.02 Å². The summed E-state index contributed by atoms with van der Waals surface area (Å²) in [4.78, 5) is 17.3. The van der Waals surface area contributed by atoms with E-state index in [9.17, 15) is 4.79 Å². The second-order valence-corrected chi connectivity index (χ2v) is 7.54. The van der Waals surface area contributed by atoms with Crippen LogP contribution >= 0.6 is 11.6 Å². The molecular weight excluding hydrogens is 322 g/mol. The second-order valence-electron chi connectivity index (χ2n) is 7.14. The molecule has 0 bridgehead atoms. The molecule has 2 fully saturated rings. The summed E-state index contributed by atoms with van der Waals surface area (Å²) in [6, 6.07) is 8.79. The van der Waals surface area contributed by atoms with Crippen LogP contribution in [0.5, 0.6) is 0 Å². The summed E-state index contributed by atoms with van der Waals surface area (Å²) in [5, 5.41) is 4.25. The van der Waals surface area contributed by atoms with Gasteiger partial charge in [-0.15, -0.1) is 0 Å². The lowest BCUT2D eigenvalue weighted by Gasteiger charge is -2.40. The molecular formula is C19H28ClN3O. The van der Waals surface area contributed by atoms with Crippen LogP contribution in [0.1, 0.15) is 38.3 Å². The topological polar surface area (TPSA) is 35.6 Å². The maximum absolute atomic E-state index is 12.8. The zero-order valence-corrected chi connectivity index (χ0v) is 15.4. The van der Waals surface area contributed by atoms with Crippen molar-refractivity contribution >= 4 is 17.5 Å². The third-order valence-corrected chi connectivity index (χ3v) is 5.85. The highest BCUT2D eigenvalue weighted by atomic mass is 35.5. The Morgan fingerprint density at radius 3 is 2.62 bits per heavy atom. The summed E-state index contributed by atoms with van der Waals surface area (Å²) >= 11 is 6.34. The van der Waals surface area contributed by atoms with Gasteiger partial charge in [0.1, 0.15) is 0 Å². The SMILES string of the molecule is CC(c1ccccc1Cl)N1CCN(C(=O)[C@H]2CCN[C@@H](C)C2)CC1. The first-order chi connectivity index (χ1) is 11.6. The van der Waals surface area contributed by atoms with E-state index >= 15 is 0 Å². The van der Waals surface area contributed by atoms with Gasteiger partial charge in [0.05, 0.1) is 0 Å². The second kappa shape index (κ2) is 7.85. The molecule has 0 aliphatic carbocycles. The third-order valence-electron chi connectivity index (χ3n) is 5.50. The molecule has 1 unspecified atom stereocenters. The number of hydrogen-bond acceptors (Lipinski definition) is 3. The Morgan fingerprint density at radius 2 is 1.96 bits per heavy atom. The molecule has 4 nitrogen and oxygen atoms in total. The zero-order valence-electron chi connectivity index (χ0n) is 14.7. The van der Waals surface area contributed by atoms with Crippen molar-refractivity contribution in [1.82, 2.24) is 15.1 Å². The Morgan fingerprint density at radius 1 is 1.25 bits per heavy atom. The van der Waals surface area contributed by atoms with Crippen LogP contribution < -0.4 is 5.32 Å². The summed E-state index contributed by atoms with van der Waals surface area (Å²) in [7, 11) is 0. The fourth-order valence-corrected chi connectivity index (χ4v) is 4.25. The van der Waals surface area contributed by atoms with Crippen molar-refractivity contribution < 1.29 is 4.79 Å². The van der Waals surface area contributed by atoms with Gasteiger partial charge in [0.15, 0.2) is 0 Å². The van der Waals surface area contributed by atoms with E-state index in [2.05, 4.69) is 35.0 Å². The first-order valence-electron chi connectivity index (χ1n) is 9.07. The van der Waals surface area contributed by atoms with Crippen LogP contribution in [-0.2, 0) is 4.79 Å². The lowest BCUT2D eigenvalue weighted by Crippen LogP contribution is -2.52. The standard InChI is InChI=1S/C19H28ClN3O/c1-14-13-16(7-8-21-14)19(24)23-11-9-22(10-12-23)15(2)17-5-3-4-6-18(17)20/h3-6,14-16,21H,7-13H2,1-2H3/t14-,15?,16-/m0/s1. The molecule has 2 aliphatic rings. The number of benzene rings is 1. The van der Waals surface area contributed by atoms with E-state index in [1.54, 1.807) is 0 Å². The van der Waals surface area contributed by atoms with Gasteiger partial charge in [0.25, 0.3) is 0 Å². The summed E-state index contributed by atoms with van der Waals surface area (Å²) < 4.78 is 0. The van der Waals surface area contributed by atoms with E-state index in [0.717, 1.165) is 50.6 Å². The largest absolute Gasteiger partial charge is 0.340 e. The Balaban J connectivity index is 1.55. The molecule has 132 valence electrons. The molecule has 0 aromatic heterocycles.